The lowest BCUT2D eigenvalue weighted by Crippen LogP contribution is -2.44. The Morgan fingerprint density at radius 3 is 2.62 bits per heavy atom. The molecule has 0 saturated heterocycles. The first kappa shape index (κ1) is 13.2. The molecule has 1 rings (SSSR count). The summed E-state index contributed by atoms with van der Waals surface area (Å²) in [4.78, 5) is 14.9. The predicted octanol–water partition coefficient (Wildman–Crippen LogP) is 2.00. The van der Waals surface area contributed by atoms with Gasteiger partial charge in [-0.05, 0) is 29.9 Å². The zero-order valence-electron chi connectivity index (χ0n) is 10.4. The van der Waals surface area contributed by atoms with E-state index in [1.807, 2.05) is 26.3 Å². The highest BCUT2D eigenvalue weighted by molar-refractivity contribution is 7.10. The Morgan fingerprint density at radius 2 is 2.19 bits per heavy atom. The molecule has 0 fully saturated rings. The van der Waals surface area contributed by atoms with Crippen molar-refractivity contribution in [1.82, 2.24) is 4.90 Å². The van der Waals surface area contributed by atoms with Crippen LogP contribution in [0.4, 0.5) is 0 Å². The van der Waals surface area contributed by atoms with Gasteiger partial charge in [-0.2, -0.15) is 0 Å². The van der Waals surface area contributed by atoms with Crippen LogP contribution in [-0.4, -0.2) is 23.9 Å². The number of amides is 1. The molecule has 16 heavy (non-hydrogen) atoms. The van der Waals surface area contributed by atoms with E-state index in [1.54, 1.807) is 16.2 Å². The van der Waals surface area contributed by atoms with Crippen LogP contribution in [0.1, 0.15) is 24.3 Å². The topological polar surface area (TPSA) is 46.3 Å². The number of nitrogens with two attached hydrogens (primary N) is 1. The van der Waals surface area contributed by atoms with E-state index in [2.05, 4.69) is 13.0 Å². The van der Waals surface area contributed by atoms with Crippen molar-refractivity contribution in [3.8, 4) is 0 Å². The third-order valence-corrected chi connectivity index (χ3v) is 3.74. The lowest BCUT2D eigenvalue weighted by atomic mass is 10.0. The van der Waals surface area contributed by atoms with Gasteiger partial charge in [-0.15, -0.1) is 11.3 Å². The molecular formula is C12H20N2OS. The molecule has 90 valence electrons. The highest BCUT2D eigenvalue weighted by Crippen LogP contribution is 2.17. The first-order chi connectivity index (χ1) is 7.43. The molecule has 4 heteroatoms. The summed E-state index contributed by atoms with van der Waals surface area (Å²) in [5, 5.41) is 2.05. The predicted molar refractivity (Wildman–Crippen MR) is 68.3 cm³/mol. The third kappa shape index (κ3) is 3.06. The Hall–Kier alpha value is -0.870. The summed E-state index contributed by atoms with van der Waals surface area (Å²) in [6.07, 6.45) is 0. The van der Waals surface area contributed by atoms with Crippen molar-refractivity contribution < 1.29 is 4.79 Å². The van der Waals surface area contributed by atoms with Gasteiger partial charge in [0, 0.05) is 11.9 Å². The Morgan fingerprint density at radius 1 is 1.56 bits per heavy atom. The Bertz CT molecular complexity index is 360. The van der Waals surface area contributed by atoms with Crippen LogP contribution >= 0.6 is 11.3 Å². The van der Waals surface area contributed by atoms with Crippen LogP contribution < -0.4 is 5.73 Å². The monoisotopic (exact) mass is 240 g/mol. The van der Waals surface area contributed by atoms with Crippen molar-refractivity contribution in [2.45, 2.75) is 33.4 Å². The van der Waals surface area contributed by atoms with Crippen LogP contribution in [-0.2, 0) is 11.3 Å². The van der Waals surface area contributed by atoms with Gasteiger partial charge >= 0.3 is 0 Å². The SMILES string of the molecule is Cc1ccsc1CN(C)C(=O)[C@H](N)C(C)C. The zero-order valence-corrected chi connectivity index (χ0v) is 11.2. The van der Waals surface area contributed by atoms with Gasteiger partial charge in [0.15, 0.2) is 0 Å². The molecular weight excluding hydrogens is 220 g/mol. The van der Waals surface area contributed by atoms with E-state index in [1.165, 1.54) is 10.4 Å². The fourth-order valence-electron chi connectivity index (χ4n) is 1.40. The van der Waals surface area contributed by atoms with Crippen LogP contribution in [0.5, 0.6) is 0 Å². The Labute approximate surface area is 101 Å². The number of carbonyl (C=O) groups excluding carboxylic acids is 1. The molecule has 1 aromatic heterocycles. The number of aryl methyl sites for hydroxylation is 1. The van der Waals surface area contributed by atoms with E-state index >= 15 is 0 Å². The molecule has 3 nitrogen and oxygen atoms in total. The molecule has 2 N–H and O–H groups in total. The van der Waals surface area contributed by atoms with Crippen LogP contribution in [0.2, 0.25) is 0 Å². The highest BCUT2D eigenvalue weighted by atomic mass is 32.1. The zero-order chi connectivity index (χ0) is 12.3. The molecule has 0 aliphatic heterocycles. The van der Waals surface area contributed by atoms with Crippen molar-refractivity contribution in [1.29, 1.82) is 0 Å². The molecule has 1 heterocycles. The number of nitrogens with zero attached hydrogens (tertiary/aromatic N) is 1. The summed E-state index contributed by atoms with van der Waals surface area (Å²) in [6.45, 7) is 6.65. The summed E-state index contributed by atoms with van der Waals surface area (Å²) in [5.41, 5.74) is 7.08. The first-order valence-electron chi connectivity index (χ1n) is 5.47. The average Bonchev–Trinajstić information content (AvgIpc) is 2.62. The minimum absolute atomic E-state index is 0.0165. The third-order valence-electron chi connectivity index (χ3n) is 2.73. The maximum Gasteiger partial charge on any atom is 0.239 e. The highest BCUT2D eigenvalue weighted by Gasteiger charge is 2.21. The van der Waals surface area contributed by atoms with Gasteiger partial charge in [0.2, 0.25) is 5.91 Å². The molecule has 1 amide bonds. The molecule has 0 aromatic carbocycles. The van der Waals surface area contributed by atoms with E-state index in [0.29, 0.717) is 6.54 Å². The standard InChI is InChI=1S/C12H20N2OS/c1-8(2)11(13)12(15)14(4)7-10-9(3)5-6-16-10/h5-6,8,11H,7,13H2,1-4H3/t11-/m1/s1. The van der Waals surface area contributed by atoms with Gasteiger partial charge < -0.3 is 10.6 Å². The number of rotatable bonds is 4. The van der Waals surface area contributed by atoms with Gasteiger partial charge in [0.25, 0.3) is 0 Å². The number of hydrogen-bond donors (Lipinski definition) is 1. The van der Waals surface area contributed by atoms with Crippen molar-refractivity contribution in [2.75, 3.05) is 7.05 Å². The van der Waals surface area contributed by atoms with Crippen LogP contribution in [0.25, 0.3) is 0 Å². The molecule has 1 atom stereocenters. The molecule has 0 aliphatic rings. The number of thiophene rings is 1. The second-order valence-corrected chi connectivity index (χ2v) is 5.49. The maximum absolute atomic E-state index is 11.9. The molecule has 0 saturated carbocycles. The van der Waals surface area contributed by atoms with E-state index in [0.717, 1.165) is 0 Å². The van der Waals surface area contributed by atoms with Crippen molar-refractivity contribution in [3.05, 3.63) is 21.9 Å². The minimum atomic E-state index is -0.398. The summed E-state index contributed by atoms with van der Waals surface area (Å²) in [6, 6.07) is 1.67. The maximum atomic E-state index is 11.9. The quantitative estimate of drug-likeness (QED) is 0.875. The van der Waals surface area contributed by atoms with Crippen LogP contribution in [0.3, 0.4) is 0 Å². The molecule has 0 unspecified atom stereocenters. The van der Waals surface area contributed by atoms with Gasteiger partial charge in [-0.25, -0.2) is 0 Å². The largest absolute Gasteiger partial charge is 0.339 e. The number of likely N-dealkylation sites (N-methyl/N-ethyl adjacent to an activating group) is 1. The molecule has 0 spiro atoms. The summed E-state index contributed by atoms with van der Waals surface area (Å²) >= 11 is 1.68. The molecule has 0 aliphatic carbocycles. The molecule has 1 aromatic rings. The van der Waals surface area contributed by atoms with Crippen LogP contribution in [0.15, 0.2) is 11.4 Å². The average molecular weight is 240 g/mol. The van der Waals surface area contributed by atoms with Gasteiger partial charge in [-0.1, -0.05) is 13.8 Å². The summed E-state index contributed by atoms with van der Waals surface area (Å²) in [5.74, 6) is 0.196. The van der Waals surface area contributed by atoms with E-state index in [4.69, 9.17) is 5.73 Å². The van der Waals surface area contributed by atoms with E-state index in [-0.39, 0.29) is 11.8 Å². The van der Waals surface area contributed by atoms with Crippen LogP contribution in [0, 0.1) is 12.8 Å². The fourth-order valence-corrected chi connectivity index (χ4v) is 2.36. The molecule has 0 radical (unpaired) electrons. The second kappa shape index (κ2) is 5.46. The summed E-state index contributed by atoms with van der Waals surface area (Å²) in [7, 11) is 1.81. The Kier molecular flexibility index (Phi) is 4.50. The Balaban J connectivity index is 2.62. The summed E-state index contributed by atoms with van der Waals surface area (Å²) < 4.78 is 0. The smallest absolute Gasteiger partial charge is 0.239 e. The van der Waals surface area contributed by atoms with Gasteiger partial charge in [0.1, 0.15) is 0 Å². The van der Waals surface area contributed by atoms with Crippen molar-refractivity contribution in [3.63, 3.8) is 0 Å². The lowest BCUT2D eigenvalue weighted by Gasteiger charge is -2.23. The van der Waals surface area contributed by atoms with Crippen molar-refractivity contribution in [2.24, 2.45) is 11.7 Å². The number of carbonyl (C=O) groups is 1. The second-order valence-electron chi connectivity index (χ2n) is 4.49. The minimum Gasteiger partial charge on any atom is -0.339 e. The lowest BCUT2D eigenvalue weighted by molar-refractivity contribution is -0.132. The molecule has 0 bridgehead atoms. The van der Waals surface area contributed by atoms with Crippen molar-refractivity contribution >= 4 is 17.2 Å². The normalized spacial score (nSPS) is 12.9. The van der Waals surface area contributed by atoms with E-state index < -0.39 is 6.04 Å². The fraction of sp³-hybridized carbons (Fsp3) is 0.583. The van der Waals surface area contributed by atoms with E-state index in [9.17, 15) is 4.79 Å². The number of hydrogen-bond acceptors (Lipinski definition) is 3. The van der Waals surface area contributed by atoms with Gasteiger partial charge in [-0.3, -0.25) is 4.79 Å². The van der Waals surface area contributed by atoms with Gasteiger partial charge in [0.05, 0.1) is 12.6 Å². The first-order valence-corrected chi connectivity index (χ1v) is 6.35.